The number of fused-ring (bicyclic) bond motifs is 1. The minimum atomic E-state index is -0.484. The first-order valence-electron chi connectivity index (χ1n) is 10.2. The number of carbonyl (C=O) groups excluding carboxylic acids is 2. The van der Waals surface area contributed by atoms with Crippen molar-refractivity contribution in [2.75, 3.05) is 32.8 Å². The molecule has 0 aliphatic heterocycles. The fourth-order valence-electron chi connectivity index (χ4n) is 3.23. The molecule has 0 spiro atoms. The molecule has 1 aromatic heterocycles. The van der Waals surface area contributed by atoms with E-state index in [2.05, 4.69) is 15.0 Å². The third kappa shape index (κ3) is 5.85. The minimum Gasteiger partial charge on any atom is -0.482 e. The Morgan fingerprint density at radius 1 is 1.15 bits per heavy atom. The Balaban J connectivity index is 1.78. The van der Waals surface area contributed by atoms with Gasteiger partial charge in [-0.15, -0.1) is 0 Å². The van der Waals surface area contributed by atoms with Crippen molar-refractivity contribution in [1.82, 2.24) is 9.55 Å². The molecule has 3 rings (SSSR count). The number of amides is 1. The zero-order chi connectivity index (χ0) is 24.0. The van der Waals surface area contributed by atoms with Crippen molar-refractivity contribution < 1.29 is 23.8 Å². The number of rotatable bonds is 9. The summed E-state index contributed by atoms with van der Waals surface area (Å²) in [6.45, 7) is 2.58. The van der Waals surface area contributed by atoms with Gasteiger partial charge in [0, 0.05) is 31.5 Å². The minimum absolute atomic E-state index is 0.200. The molecule has 0 unspecified atom stereocenters. The number of aryl methyl sites for hydroxylation is 1. The maximum absolute atomic E-state index is 12.8. The first-order valence-corrected chi connectivity index (χ1v) is 10.6. The van der Waals surface area contributed by atoms with Gasteiger partial charge in [0.05, 0.1) is 18.0 Å². The van der Waals surface area contributed by atoms with Crippen LogP contribution in [0.2, 0.25) is 0 Å². The van der Waals surface area contributed by atoms with Gasteiger partial charge in [0.25, 0.3) is 11.5 Å². The number of ether oxygens (including phenoxy) is 3. The number of nitrogens with zero attached hydrogens (tertiary/aromatic N) is 1. The number of methoxy groups -OCH3 is 2. The molecule has 0 aliphatic rings. The lowest BCUT2D eigenvalue weighted by atomic mass is 10.1. The molecule has 0 saturated heterocycles. The molecule has 0 bridgehead atoms. The van der Waals surface area contributed by atoms with E-state index in [1.54, 1.807) is 43.5 Å². The number of hydrogen-bond donors (Lipinski definition) is 2. The lowest BCUT2D eigenvalue weighted by Gasteiger charge is -2.12. The van der Waals surface area contributed by atoms with E-state index in [1.807, 2.05) is 6.92 Å². The van der Waals surface area contributed by atoms with Crippen molar-refractivity contribution in [2.45, 2.75) is 19.9 Å². The average Bonchev–Trinajstić information content (AvgIpc) is 2.80. The van der Waals surface area contributed by atoms with Gasteiger partial charge in [-0.25, -0.2) is 4.79 Å². The van der Waals surface area contributed by atoms with Gasteiger partial charge in [0.2, 0.25) is 0 Å². The van der Waals surface area contributed by atoms with E-state index in [9.17, 15) is 14.4 Å². The number of aromatic nitrogens is 2. The van der Waals surface area contributed by atoms with Crippen LogP contribution in [0.5, 0.6) is 5.75 Å². The number of carbonyl (C=O) groups is 2. The number of anilines is 1. The monoisotopic (exact) mass is 471 g/mol. The summed E-state index contributed by atoms with van der Waals surface area (Å²) in [7, 11) is 2.89. The summed E-state index contributed by atoms with van der Waals surface area (Å²) in [6, 6.07) is 9.86. The van der Waals surface area contributed by atoms with Crippen molar-refractivity contribution in [2.24, 2.45) is 0 Å². The maximum Gasteiger partial charge on any atom is 0.343 e. The van der Waals surface area contributed by atoms with Crippen molar-refractivity contribution in [3.8, 4) is 5.75 Å². The highest BCUT2D eigenvalue weighted by molar-refractivity contribution is 7.71. The molecule has 9 nitrogen and oxygen atoms in total. The Hall–Kier alpha value is -3.50. The summed E-state index contributed by atoms with van der Waals surface area (Å²) in [5.41, 5.74) is 1.99. The number of esters is 1. The summed E-state index contributed by atoms with van der Waals surface area (Å²) in [4.78, 5) is 39.9. The highest BCUT2D eigenvalue weighted by atomic mass is 32.1. The SMILES string of the molecule is COCCCn1c(=S)[nH]c2cc(C(=O)Nc3ccc(OCC(=O)OC)cc3C)ccc2c1=O. The van der Waals surface area contributed by atoms with Gasteiger partial charge in [-0.3, -0.25) is 14.2 Å². The van der Waals surface area contributed by atoms with E-state index in [-0.39, 0.29) is 18.1 Å². The summed E-state index contributed by atoms with van der Waals surface area (Å²) >= 11 is 5.33. The van der Waals surface area contributed by atoms with Crippen molar-refractivity contribution >= 4 is 40.7 Å². The second-order valence-corrected chi connectivity index (χ2v) is 7.68. The average molecular weight is 472 g/mol. The number of H-pyrrole nitrogens is 1. The number of aromatic amines is 1. The molecule has 0 saturated carbocycles. The highest BCUT2D eigenvalue weighted by Crippen LogP contribution is 2.22. The maximum atomic E-state index is 12.8. The van der Waals surface area contributed by atoms with Gasteiger partial charge in [-0.05, 0) is 67.5 Å². The van der Waals surface area contributed by atoms with Crippen molar-refractivity contribution in [1.29, 1.82) is 0 Å². The predicted molar refractivity (Wildman–Crippen MR) is 127 cm³/mol. The molecule has 0 atom stereocenters. The predicted octanol–water partition coefficient (Wildman–Crippen LogP) is 3.21. The van der Waals surface area contributed by atoms with Crippen molar-refractivity contribution in [3.63, 3.8) is 0 Å². The largest absolute Gasteiger partial charge is 0.482 e. The van der Waals surface area contributed by atoms with Crippen LogP contribution < -0.4 is 15.6 Å². The lowest BCUT2D eigenvalue weighted by Crippen LogP contribution is -2.23. The fourth-order valence-corrected chi connectivity index (χ4v) is 3.51. The van der Waals surface area contributed by atoms with Crippen LogP contribution in [0, 0.1) is 11.7 Å². The molecule has 0 aliphatic carbocycles. The van der Waals surface area contributed by atoms with Crippen LogP contribution in [0.3, 0.4) is 0 Å². The third-order valence-corrected chi connectivity index (χ3v) is 5.33. The first kappa shape index (κ1) is 24.1. The van der Waals surface area contributed by atoms with Crippen LogP contribution in [0.25, 0.3) is 10.9 Å². The Labute approximate surface area is 195 Å². The lowest BCUT2D eigenvalue weighted by molar-refractivity contribution is -0.142. The van der Waals surface area contributed by atoms with Crippen LogP contribution in [0.15, 0.2) is 41.2 Å². The number of nitrogens with one attached hydrogen (secondary N) is 2. The summed E-state index contributed by atoms with van der Waals surface area (Å²) in [5.74, 6) is -0.343. The van der Waals surface area contributed by atoms with E-state index in [0.717, 1.165) is 5.56 Å². The fraction of sp³-hybridized carbons (Fsp3) is 0.304. The van der Waals surface area contributed by atoms with Crippen LogP contribution in [-0.4, -0.2) is 48.9 Å². The molecule has 1 amide bonds. The first-order chi connectivity index (χ1) is 15.8. The molecule has 2 aromatic carbocycles. The number of hydrogen-bond acceptors (Lipinski definition) is 7. The van der Waals surface area contributed by atoms with Gasteiger partial charge >= 0.3 is 5.97 Å². The van der Waals surface area contributed by atoms with E-state index in [0.29, 0.717) is 52.2 Å². The standard InChI is InChI=1S/C23H25N3O6S/c1-14-11-16(32-13-20(27)31-3)6-8-18(14)24-21(28)15-5-7-17-19(12-15)25-23(33)26(22(17)29)9-4-10-30-2/h5-8,11-12H,4,9-10,13H2,1-3H3,(H,24,28)(H,25,33). The van der Waals surface area contributed by atoms with Crippen molar-refractivity contribution in [3.05, 3.63) is 62.6 Å². The zero-order valence-electron chi connectivity index (χ0n) is 18.6. The smallest absolute Gasteiger partial charge is 0.343 e. The van der Waals surface area contributed by atoms with Gasteiger partial charge in [-0.2, -0.15) is 0 Å². The molecular formula is C23H25N3O6S. The molecule has 0 radical (unpaired) electrons. The summed E-state index contributed by atoms with van der Waals surface area (Å²) < 4.78 is 16.7. The molecule has 3 aromatic rings. The van der Waals surface area contributed by atoms with E-state index >= 15 is 0 Å². The van der Waals surface area contributed by atoms with Crippen LogP contribution in [-0.2, 0) is 20.8 Å². The summed E-state index contributed by atoms with van der Waals surface area (Å²) in [5, 5.41) is 3.29. The van der Waals surface area contributed by atoms with Crippen LogP contribution in [0.4, 0.5) is 5.69 Å². The zero-order valence-corrected chi connectivity index (χ0v) is 19.4. The van der Waals surface area contributed by atoms with Gasteiger partial charge in [0.15, 0.2) is 11.4 Å². The molecule has 10 heteroatoms. The Morgan fingerprint density at radius 2 is 1.94 bits per heavy atom. The van der Waals surface area contributed by atoms with E-state index < -0.39 is 5.97 Å². The quantitative estimate of drug-likeness (QED) is 0.280. The van der Waals surface area contributed by atoms with Gasteiger partial charge < -0.3 is 24.5 Å². The van der Waals surface area contributed by atoms with Gasteiger partial charge in [-0.1, -0.05) is 0 Å². The van der Waals surface area contributed by atoms with E-state index in [4.69, 9.17) is 21.7 Å². The third-order valence-electron chi connectivity index (χ3n) is 5.00. The second-order valence-electron chi connectivity index (χ2n) is 7.29. The molecule has 2 N–H and O–H groups in total. The molecule has 0 fully saturated rings. The Bertz CT molecular complexity index is 1300. The normalized spacial score (nSPS) is 10.8. The van der Waals surface area contributed by atoms with Crippen LogP contribution >= 0.6 is 12.2 Å². The molecule has 1 heterocycles. The number of benzene rings is 2. The molecular weight excluding hydrogens is 446 g/mol. The van der Waals surface area contributed by atoms with Gasteiger partial charge in [0.1, 0.15) is 5.75 Å². The second kappa shape index (κ2) is 10.9. The Kier molecular flexibility index (Phi) is 7.96. The highest BCUT2D eigenvalue weighted by Gasteiger charge is 2.12. The van der Waals surface area contributed by atoms with Crippen LogP contribution in [0.1, 0.15) is 22.3 Å². The molecule has 174 valence electrons. The Morgan fingerprint density at radius 3 is 2.64 bits per heavy atom. The summed E-state index contributed by atoms with van der Waals surface area (Å²) in [6.07, 6.45) is 0.658. The van der Waals surface area contributed by atoms with E-state index in [1.165, 1.54) is 11.7 Å². The topological polar surface area (TPSA) is 112 Å². The molecule has 33 heavy (non-hydrogen) atoms.